The molecule has 2 saturated heterocycles. The van der Waals surface area contributed by atoms with Crippen molar-refractivity contribution in [3.63, 3.8) is 0 Å². The molecule has 23 heavy (non-hydrogen) atoms. The fourth-order valence-electron chi connectivity index (χ4n) is 3.29. The third kappa shape index (κ3) is 3.30. The molecule has 0 bridgehead atoms. The van der Waals surface area contributed by atoms with Crippen molar-refractivity contribution >= 4 is 6.03 Å². The molecule has 5 nitrogen and oxygen atoms in total. The topological polar surface area (TPSA) is 61.8 Å². The van der Waals surface area contributed by atoms with E-state index in [0.29, 0.717) is 25.1 Å². The predicted molar refractivity (Wildman–Crippen MR) is 78.8 cm³/mol. The van der Waals surface area contributed by atoms with E-state index in [0.717, 1.165) is 25.0 Å². The highest BCUT2D eigenvalue weighted by Crippen LogP contribution is 2.30. The minimum absolute atomic E-state index is 0.0544. The van der Waals surface area contributed by atoms with E-state index >= 15 is 0 Å². The average Bonchev–Trinajstić information content (AvgIpc) is 3.18. The molecule has 2 aliphatic heterocycles. The predicted octanol–water partition coefficient (Wildman–Crippen LogP) is 1.96. The summed E-state index contributed by atoms with van der Waals surface area (Å²) in [5.41, 5.74) is 0.506. The van der Waals surface area contributed by atoms with Crippen LogP contribution in [0.4, 0.5) is 13.6 Å². The molecule has 1 aromatic rings. The van der Waals surface area contributed by atoms with Gasteiger partial charge in [0.25, 0.3) is 0 Å². The van der Waals surface area contributed by atoms with Crippen LogP contribution in [0.2, 0.25) is 0 Å². The number of benzene rings is 1. The van der Waals surface area contributed by atoms with E-state index in [4.69, 9.17) is 4.74 Å². The zero-order chi connectivity index (χ0) is 16.4. The lowest BCUT2D eigenvalue weighted by molar-refractivity contribution is 0.0962. The summed E-state index contributed by atoms with van der Waals surface area (Å²) < 4.78 is 32.1. The molecule has 1 aromatic carbocycles. The van der Waals surface area contributed by atoms with Gasteiger partial charge in [0.05, 0.1) is 18.7 Å². The summed E-state index contributed by atoms with van der Waals surface area (Å²) in [6, 6.07) is 2.94. The molecule has 3 rings (SSSR count). The number of urea groups is 1. The number of aliphatic hydroxyl groups is 1. The van der Waals surface area contributed by atoms with Gasteiger partial charge >= 0.3 is 6.03 Å². The van der Waals surface area contributed by atoms with Gasteiger partial charge in [0.15, 0.2) is 11.6 Å². The number of hydrogen-bond donors (Lipinski definition) is 2. The lowest BCUT2D eigenvalue weighted by Crippen LogP contribution is -2.48. The second-order valence-electron chi connectivity index (χ2n) is 5.98. The standard InChI is InChI=1S/C16H20F2N2O3/c17-12-4-3-10(8-13(12)18)15-14(5-7-23-15)19-16(22)20-6-1-2-11(20)9-21/h3-4,8,11,14-15,21H,1-2,5-7,9H2,(H,19,22)/t11-,14-,15-/m1/s1. The highest BCUT2D eigenvalue weighted by atomic mass is 19.2. The molecule has 2 fully saturated rings. The zero-order valence-electron chi connectivity index (χ0n) is 12.7. The number of ether oxygens (including phenoxy) is 1. The molecule has 2 N–H and O–H groups in total. The molecule has 0 aromatic heterocycles. The van der Waals surface area contributed by atoms with Crippen LogP contribution in [0.5, 0.6) is 0 Å². The van der Waals surface area contributed by atoms with Gasteiger partial charge in [-0.2, -0.15) is 0 Å². The molecule has 7 heteroatoms. The van der Waals surface area contributed by atoms with E-state index in [1.54, 1.807) is 4.90 Å². The molecule has 0 spiro atoms. The third-order valence-corrected chi connectivity index (χ3v) is 4.52. The van der Waals surface area contributed by atoms with E-state index in [-0.39, 0.29) is 24.7 Å². The fourth-order valence-corrected chi connectivity index (χ4v) is 3.29. The minimum Gasteiger partial charge on any atom is -0.394 e. The first-order valence-corrected chi connectivity index (χ1v) is 7.84. The maximum absolute atomic E-state index is 13.4. The summed E-state index contributed by atoms with van der Waals surface area (Å²) in [6.45, 7) is 1.000. The lowest BCUT2D eigenvalue weighted by Gasteiger charge is -2.27. The smallest absolute Gasteiger partial charge is 0.318 e. The summed E-state index contributed by atoms with van der Waals surface area (Å²) in [7, 11) is 0. The van der Waals surface area contributed by atoms with Crippen molar-refractivity contribution in [2.45, 2.75) is 37.5 Å². The Morgan fingerprint density at radius 1 is 1.35 bits per heavy atom. The fraction of sp³-hybridized carbons (Fsp3) is 0.562. The van der Waals surface area contributed by atoms with Crippen LogP contribution in [-0.2, 0) is 4.74 Å². The van der Waals surface area contributed by atoms with Crippen molar-refractivity contribution in [1.82, 2.24) is 10.2 Å². The quantitative estimate of drug-likeness (QED) is 0.893. The van der Waals surface area contributed by atoms with Gasteiger partial charge in [0.1, 0.15) is 6.10 Å². The average molecular weight is 326 g/mol. The Hall–Kier alpha value is -1.73. The summed E-state index contributed by atoms with van der Waals surface area (Å²) in [6.07, 6.45) is 1.76. The van der Waals surface area contributed by atoms with E-state index in [9.17, 15) is 18.7 Å². The molecule has 126 valence electrons. The Balaban J connectivity index is 1.69. The van der Waals surface area contributed by atoms with Gasteiger partial charge in [-0.1, -0.05) is 6.07 Å². The number of nitrogens with zero attached hydrogens (tertiary/aromatic N) is 1. The minimum atomic E-state index is -0.928. The molecule has 0 radical (unpaired) electrons. The number of carbonyl (C=O) groups is 1. The summed E-state index contributed by atoms with van der Waals surface area (Å²) >= 11 is 0. The largest absolute Gasteiger partial charge is 0.394 e. The second-order valence-corrected chi connectivity index (χ2v) is 5.98. The van der Waals surface area contributed by atoms with Crippen LogP contribution in [0.3, 0.4) is 0 Å². The molecule has 2 heterocycles. The van der Waals surface area contributed by atoms with Gasteiger partial charge < -0.3 is 20.1 Å². The highest BCUT2D eigenvalue weighted by Gasteiger charge is 2.35. The molecule has 0 unspecified atom stereocenters. The van der Waals surface area contributed by atoms with Crippen LogP contribution in [0.15, 0.2) is 18.2 Å². The van der Waals surface area contributed by atoms with Crippen molar-refractivity contribution in [1.29, 1.82) is 0 Å². The first kappa shape index (κ1) is 16.1. The molecular formula is C16H20F2N2O3. The third-order valence-electron chi connectivity index (χ3n) is 4.52. The number of hydrogen-bond acceptors (Lipinski definition) is 3. The Bertz CT molecular complexity index is 584. The van der Waals surface area contributed by atoms with Gasteiger partial charge in [0, 0.05) is 13.2 Å². The summed E-state index contributed by atoms with van der Waals surface area (Å²) in [4.78, 5) is 14.0. The second kappa shape index (κ2) is 6.80. The van der Waals surface area contributed by atoms with E-state index in [1.807, 2.05) is 0 Å². The first-order chi connectivity index (χ1) is 11.1. The summed E-state index contributed by atoms with van der Waals surface area (Å²) in [5, 5.41) is 12.2. The van der Waals surface area contributed by atoms with Gasteiger partial charge in [-0.05, 0) is 37.0 Å². The number of nitrogens with one attached hydrogen (secondary N) is 1. The Morgan fingerprint density at radius 2 is 2.17 bits per heavy atom. The van der Waals surface area contributed by atoms with Crippen LogP contribution in [-0.4, -0.2) is 47.9 Å². The molecule has 0 saturated carbocycles. The highest BCUT2D eigenvalue weighted by molar-refractivity contribution is 5.75. The molecule has 2 aliphatic rings. The van der Waals surface area contributed by atoms with Gasteiger partial charge in [-0.3, -0.25) is 0 Å². The van der Waals surface area contributed by atoms with E-state index in [1.165, 1.54) is 6.07 Å². The molecular weight excluding hydrogens is 306 g/mol. The van der Waals surface area contributed by atoms with E-state index in [2.05, 4.69) is 5.32 Å². The first-order valence-electron chi connectivity index (χ1n) is 7.84. The Kier molecular flexibility index (Phi) is 4.77. The van der Waals surface area contributed by atoms with Gasteiger partial charge in [-0.25, -0.2) is 13.6 Å². The lowest BCUT2D eigenvalue weighted by atomic mass is 10.0. The Labute approximate surface area is 133 Å². The van der Waals surface area contributed by atoms with Crippen molar-refractivity contribution < 1.29 is 23.4 Å². The van der Waals surface area contributed by atoms with Crippen molar-refractivity contribution in [3.8, 4) is 0 Å². The van der Waals surface area contributed by atoms with Gasteiger partial charge in [0.2, 0.25) is 0 Å². The van der Waals surface area contributed by atoms with Crippen LogP contribution in [0, 0.1) is 11.6 Å². The van der Waals surface area contributed by atoms with Crippen LogP contribution < -0.4 is 5.32 Å². The zero-order valence-corrected chi connectivity index (χ0v) is 12.7. The number of aliphatic hydroxyl groups excluding tert-OH is 1. The van der Waals surface area contributed by atoms with E-state index < -0.39 is 17.7 Å². The maximum Gasteiger partial charge on any atom is 0.318 e. The Morgan fingerprint density at radius 3 is 2.91 bits per heavy atom. The van der Waals surface area contributed by atoms with Crippen molar-refractivity contribution in [2.24, 2.45) is 0 Å². The molecule has 3 atom stereocenters. The van der Waals surface area contributed by atoms with Crippen LogP contribution in [0.1, 0.15) is 30.9 Å². The van der Waals surface area contributed by atoms with Crippen LogP contribution in [0.25, 0.3) is 0 Å². The number of amides is 2. The van der Waals surface area contributed by atoms with Crippen molar-refractivity contribution in [2.75, 3.05) is 19.8 Å². The monoisotopic (exact) mass is 326 g/mol. The van der Waals surface area contributed by atoms with Crippen LogP contribution >= 0.6 is 0 Å². The number of rotatable bonds is 3. The number of carbonyl (C=O) groups excluding carboxylic acids is 1. The number of likely N-dealkylation sites (tertiary alicyclic amines) is 1. The number of halogens is 2. The summed E-state index contributed by atoms with van der Waals surface area (Å²) in [5.74, 6) is -1.84. The van der Waals surface area contributed by atoms with Gasteiger partial charge in [-0.15, -0.1) is 0 Å². The molecule has 0 aliphatic carbocycles. The normalized spacial score (nSPS) is 27.4. The SMILES string of the molecule is O=C(N[C@@H]1CCO[C@@H]1c1ccc(F)c(F)c1)N1CCC[C@@H]1CO. The van der Waals surface area contributed by atoms with Crippen molar-refractivity contribution in [3.05, 3.63) is 35.4 Å². The maximum atomic E-state index is 13.4. The molecule has 2 amide bonds.